The maximum absolute atomic E-state index is 13.2. The number of fused-ring (bicyclic) bond motifs is 1. The van der Waals surface area contributed by atoms with Gasteiger partial charge in [-0.25, -0.2) is 9.82 Å². The molecule has 0 radical (unpaired) electrons. The summed E-state index contributed by atoms with van der Waals surface area (Å²) in [5.41, 5.74) is 3.25. The van der Waals surface area contributed by atoms with Crippen molar-refractivity contribution in [2.75, 3.05) is 13.2 Å². The zero-order valence-corrected chi connectivity index (χ0v) is 15.8. The monoisotopic (exact) mass is 393 g/mol. The van der Waals surface area contributed by atoms with Crippen LogP contribution in [0.1, 0.15) is 22.8 Å². The number of hydrogen-bond acceptors (Lipinski definition) is 4. The number of nitrogens with zero attached hydrogens (tertiary/aromatic N) is 1. The van der Waals surface area contributed by atoms with Gasteiger partial charge in [-0.2, -0.15) is 5.10 Å². The van der Waals surface area contributed by atoms with Gasteiger partial charge in [0, 0.05) is 11.1 Å². The van der Waals surface area contributed by atoms with E-state index >= 15 is 0 Å². The highest BCUT2D eigenvalue weighted by atomic mass is 19.1. The van der Waals surface area contributed by atoms with Gasteiger partial charge in [-0.1, -0.05) is 36.4 Å². The van der Waals surface area contributed by atoms with Crippen LogP contribution < -0.4 is 15.5 Å². The molecule has 7 heteroatoms. The number of benzene rings is 3. The molecule has 0 fully saturated rings. The zero-order valence-electron chi connectivity index (χ0n) is 15.8. The predicted molar refractivity (Wildman–Crippen MR) is 110 cm³/mol. The van der Waals surface area contributed by atoms with E-state index in [1.807, 2.05) is 43.3 Å². The van der Waals surface area contributed by atoms with Crippen molar-refractivity contribution in [1.82, 2.24) is 10.7 Å². The number of ether oxygens (including phenoxy) is 1. The van der Waals surface area contributed by atoms with Crippen LogP contribution in [0.5, 0.6) is 5.75 Å². The van der Waals surface area contributed by atoms with Gasteiger partial charge < -0.3 is 10.1 Å². The fraction of sp³-hybridized carbons (Fsp3) is 0.136. The molecule has 0 heterocycles. The minimum Gasteiger partial charge on any atom is -0.493 e. The van der Waals surface area contributed by atoms with E-state index in [0.717, 1.165) is 22.4 Å². The van der Waals surface area contributed by atoms with Crippen molar-refractivity contribution in [2.24, 2.45) is 5.10 Å². The normalized spacial score (nSPS) is 10.8. The van der Waals surface area contributed by atoms with Crippen LogP contribution >= 0.6 is 0 Å². The van der Waals surface area contributed by atoms with E-state index in [2.05, 4.69) is 15.8 Å². The molecule has 0 aliphatic heterocycles. The number of amides is 2. The summed E-state index contributed by atoms with van der Waals surface area (Å²) in [5.74, 6) is -0.920. The highest BCUT2D eigenvalue weighted by Gasteiger charge is 2.09. The fourth-order valence-corrected chi connectivity index (χ4v) is 2.79. The molecule has 0 spiro atoms. The Morgan fingerprint density at radius 1 is 1.10 bits per heavy atom. The van der Waals surface area contributed by atoms with Crippen molar-refractivity contribution in [2.45, 2.75) is 6.92 Å². The highest BCUT2D eigenvalue weighted by Crippen LogP contribution is 2.26. The first kappa shape index (κ1) is 20.0. The molecule has 2 amide bonds. The van der Waals surface area contributed by atoms with Gasteiger partial charge in [0.2, 0.25) is 0 Å². The number of carbonyl (C=O) groups excluding carboxylic acids is 2. The minimum atomic E-state index is -0.545. The number of hydrazone groups is 1. The molecule has 0 aliphatic carbocycles. The Balaban J connectivity index is 1.64. The molecular weight excluding hydrogens is 373 g/mol. The van der Waals surface area contributed by atoms with E-state index in [4.69, 9.17) is 4.74 Å². The molecule has 0 unspecified atom stereocenters. The first-order valence-corrected chi connectivity index (χ1v) is 9.08. The average Bonchev–Trinajstić information content (AvgIpc) is 2.73. The Morgan fingerprint density at radius 2 is 1.93 bits per heavy atom. The lowest BCUT2D eigenvalue weighted by Gasteiger charge is -2.10. The number of rotatable bonds is 7. The highest BCUT2D eigenvalue weighted by molar-refractivity contribution is 6.03. The Labute approximate surface area is 167 Å². The van der Waals surface area contributed by atoms with E-state index < -0.39 is 17.6 Å². The van der Waals surface area contributed by atoms with Gasteiger partial charge >= 0.3 is 0 Å². The second-order valence-corrected chi connectivity index (χ2v) is 6.12. The topological polar surface area (TPSA) is 79.8 Å². The van der Waals surface area contributed by atoms with Crippen LogP contribution in [0.4, 0.5) is 4.39 Å². The molecule has 2 N–H and O–H groups in total. The first-order valence-electron chi connectivity index (χ1n) is 9.08. The van der Waals surface area contributed by atoms with Crippen LogP contribution in [0, 0.1) is 5.82 Å². The van der Waals surface area contributed by atoms with Gasteiger partial charge in [-0.05, 0) is 42.0 Å². The Bertz CT molecular complexity index is 1070. The number of carbonyl (C=O) groups is 2. The van der Waals surface area contributed by atoms with E-state index in [1.54, 1.807) is 0 Å². The average molecular weight is 393 g/mol. The van der Waals surface area contributed by atoms with E-state index in [-0.39, 0.29) is 12.1 Å². The predicted octanol–water partition coefficient (Wildman–Crippen LogP) is 3.26. The zero-order chi connectivity index (χ0) is 20.6. The van der Waals surface area contributed by atoms with Crippen molar-refractivity contribution in [3.63, 3.8) is 0 Å². The molecule has 3 aromatic carbocycles. The largest absolute Gasteiger partial charge is 0.493 e. The molecule has 3 rings (SSSR count). The van der Waals surface area contributed by atoms with Crippen molar-refractivity contribution in [1.29, 1.82) is 0 Å². The Kier molecular flexibility index (Phi) is 6.52. The molecule has 6 nitrogen and oxygen atoms in total. The molecular formula is C22H20FN3O3. The first-order chi connectivity index (χ1) is 14.1. The van der Waals surface area contributed by atoms with E-state index in [1.165, 1.54) is 24.4 Å². The lowest BCUT2D eigenvalue weighted by atomic mass is 10.0. The second-order valence-electron chi connectivity index (χ2n) is 6.12. The lowest BCUT2D eigenvalue weighted by Crippen LogP contribution is -2.34. The standard InChI is InChI=1S/C22H20FN3O3/c1-2-29-20-11-10-15-6-3-4-9-18(15)19(20)13-25-26-21(27)14-24-22(28)16-7-5-8-17(23)12-16/h3-13H,2,14H2,1H3,(H,24,28)(H,26,27). The molecule has 0 aliphatic rings. The third-order valence-corrected chi connectivity index (χ3v) is 4.11. The van der Waals surface area contributed by atoms with Crippen LogP contribution in [-0.4, -0.2) is 31.2 Å². The maximum atomic E-state index is 13.2. The van der Waals surface area contributed by atoms with Crippen LogP contribution in [0.3, 0.4) is 0 Å². The van der Waals surface area contributed by atoms with Crippen molar-refractivity contribution in [3.8, 4) is 5.75 Å². The lowest BCUT2D eigenvalue weighted by molar-refractivity contribution is -0.120. The number of halogens is 1. The Hall–Kier alpha value is -3.74. The fourth-order valence-electron chi connectivity index (χ4n) is 2.79. The Morgan fingerprint density at radius 3 is 2.72 bits per heavy atom. The van der Waals surface area contributed by atoms with Crippen LogP contribution in [0.15, 0.2) is 65.8 Å². The van der Waals surface area contributed by atoms with Gasteiger partial charge in [0.05, 0.1) is 19.4 Å². The minimum absolute atomic E-state index is 0.137. The molecule has 29 heavy (non-hydrogen) atoms. The molecule has 3 aromatic rings. The maximum Gasteiger partial charge on any atom is 0.259 e. The molecule has 0 atom stereocenters. The summed E-state index contributed by atoms with van der Waals surface area (Å²) in [6, 6.07) is 16.8. The SMILES string of the molecule is CCOc1ccc2ccccc2c1C=NNC(=O)CNC(=O)c1cccc(F)c1. The third-order valence-electron chi connectivity index (χ3n) is 4.11. The van der Waals surface area contributed by atoms with Crippen molar-refractivity contribution >= 4 is 28.8 Å². The molecule has 0 bridgehead atoms. The summed E-state index contributed by atoms with van der Waals surface area (Å²) in [7, 11) is 0. The van der Waals surface area contributed by atoms with Crippen molar-refractivity contribution < 1.29 is 18.7 Å². The van der Waals surface area contributed by atoms with Gasteiger partial charge in [0.25, 0.3) is 11.8 Å². The molecule has 0 saturated heterocycles. The molecule has 148 valence electrons. The third kappa shape index (κ3) is 5.16. The molecule has 0 saturated carbocycles. The van der Waals surface area contributed by atoms with E-state index in [9.17, 15) is 14.0 Å². The summed E-state index contributed by atoms with van der Waals surface area (Å²) in [6.07, 6.45) is 1.51. The smallest absolute Gasteiger partial charge is 0.259 e. The van der Waals surface area contributed by atoms with Gasteiger partial charge in [-0.15, -0.1) is 0 Å². The summed E-state index contributed by atoms with van der Waals surface area (Å²) < 4.78 is 18.8. The number of nitrogens with one attached hydrogen (secondary N) is 2. The van der Waals surface area contributed by atoms with Crippen LogP contribution in [-0.2, 0) is 4.79 Å². The summed E-state index contributed by atoms with van der Waals surface area (Å²) >= 11 is 0. The quantitative estimate of drug-likeness (QED) is 0.478. The summed E-state index contributed by atoms with van der Waals surface area (Å²) in [6.45, 7) is 2.09. The van der Waals surface area contributed by atoms with Gasteiger partial charge in [0.15, 0.2) is 0 Å². The van der Waals surface area contributed by atoms with Gasteiger partial charge in [-0.3, -0.25) is 9.59 Å². The molecule has 0 aromatic heterocycles. The number of hydrogen-bond donors (Lipinski definition) is 2. The van der Waals surface area contributed by atoms with Gasteiger partial charge in [0.1, 0.15) is 11.6 Å². The van der Waals surface area contributed by atoms with E-state index in [0.29, 0.717) is 12.4 Å². The van der Waals surface area contributed by atoms with Crippen LogP contribution in [0.2, 0.25) is 0 Å². The second kappa shape index (κ2) is 9.45. The van der Waals surface area contributed by atoms with Crippen molar-refractivity contribution in [3.05, 3.63) is 77.6 Å². The summed E-state index contributed by atoms with van der Waals surface area (Å²) in [4.78, 5) is 23.9. The summed E-state index contributed by atoms with van der Waals surface area (Å²) in [5, 5.41) is 8.36. The van der Waals surface area contributed by atoms with Crippen LogP contribution in [0.25, 0.3) is 10.8 Å².